The Morgan fingerprint density at radius 3 is 2.48 bits per heavy atom. The number of thioether (sulfide) groups is 1. The van der Waals surface area contributed by atoms with Crippen LogP contribution in [-0.2, 0) is 11.0 Å². The van der Waals surface area contributed by atoms with Crippen molar-refractivity contribution in [1.82, 2.24) is 10.2 Å². The van der Waals surface area contributed by atoms with Crippen LogP contribution >= 0.6 is 34.7 Å². The standard InChI is InChI=1S/C19H14ClF3N4O2S2/c1-10-2-4-11(5-3-10)16(29)25-17-26-27-18(31-17)30-9-15(28)24-14-8-12(19(21,22)23)6-7-13(14)20/h2-8H,9H2,1H3,(H,24,28)(H,25,26,29). The first kappa shape index (κ1) is 23.0. The van der Waals surface area contributed by atoms with Crippen molar-refractivity contribution in [3.8, 4) is 0 Å². The van der Waals surface area contributed by atoms with Gasteiger partial charge in [0.15, 0.2) is 4.34 Å². The van der Waals surface area contributed by atoms with Gasteiger partial charge in [-0.3, -0.25) is 14.9 Å². The summed E-state index contributed by atoms with van der Waals surface area (Å²) in [4.78, 5) is 24.3. The minimum atomic E-state index is -4.55. The van der Waals surface area contributed by atoms with E-state index in [1.165, 1.54) is 0 Å². The molecule has 3 aromatic rings. The van der Waals surface area contributed by atoms with E-state index in [1.54, 1.807) is 12.1 Å². The Bertz CT molecular complexity index is 1100. The molecule has 1 heterocycles. The Kier molecular flexibility index (Phi) is 7.19. The summed E-state index contributed by atoms with van der Waals surface area (Å²) in [6.45, 7) is 1.91. The maximum atomic E-state index is 12.8. The van der Waals surface area contributed by atoms with Crippen LogP contribution in [0, 0.1) is 6.92 Å². The average molecular weight is 487 g/mol. The van der Waals surface area contributed by atoms with Crippen LogP contribution in [0.1, 0.15) is 21.5 Å². The quantitative estimate of drug-likeness (QED) is 0.355. The number of hydrogen-bond donors (Lipinski definition) is 2. The molecule has 0 aliphatic carbocycles. The lowest BCUT2D eigenvalue weighted by molar-refractivity contribution is -0.137. The molecule has 2 N–H and O–H groups in total. The maximum Gasteiger partial charge on any atom is 0.416 e. The molecule has 0 aliphatic heterocycles. The van der Waals surface area contributed by atoms with E-state index in [2.05, 4.69) is 20.8 Å². The Morgan fingerprint density at radius 2 is 1.81 bits per heavy atom. The van der Waals surface area contributed by atoms with Gasteiger partial charge < -0.3 is 5.32 Å². The highest BCUT2D eigenvalue weighted by Gasteiger charge is 2.31. The molecule has 0 atom stereocenters. The lowest BCUT2D eigenvalue weighted by atomic mass is 10.1. The molecular formula is C19H14ClF3N4O2S2. The van der Waals surface area contributed by atoms with E-state index in [0.29, 0.717) is 9.90 Å². The van der Waals surface area contributed by atoms with Gasteiger partial charge >= 0.3 is 6.18 Å². The summed E-state index contributed by atoms with van der Waals surface area (Å²) in [6, 6.07) is 9.67. The zero-order valence-electron chi connectivity index (χ0n) is 15.8. The number of alkyl halides is 3. The number of carbonyl (C=O) groups is 2. The van der Waals surface area contributed by atoms with E-state index in [4.69, 9.17) is 11.6 Å². The highest BCUT2D eigenvalue weighted by atomic mass is 35.5. The van der Waals surface area contributed by atoms with Gasteiger partial charge in [-0.15, -0.1) is 10.2 Å². The molecule has 0 radical (unpaired) electrons. The first-order valence-electron chi connectivity index (χ1n) is 8.63. The monoisotopic (exact) mass is 486 g/mol. The van der Waals surface area contributed by atoms with Crippen LogP contribution in [0.2, 0.25) is 5.02 Å². The molecule has 2 amide bonds. The van der Waals surface area contributed by atoms with Crippen molar-refractivity contribution in [1.29, 1.82) is 0 Å². The summed E-state index contributed by atoms with van der Waals surface area (Å²) in [5, 5.41) is 13.0. The summed E-state index contributed by atoms with van der Waals surface area (Å²) in [7, 11) is 0. The molecule has 31 heavy (non-hydrogen) atoms. The summed E-state index contributed by atoms with van der Waals surface area (Å²) < 4.78 is 38.9. The summed E-state index contributed by atoms with van der Waals surface area (Å²) in [5.74, 6) is -1.04. The molecule has 0 saturated carbocycles. The van der Waals surface area contributed by atoms with E-state index in [9.17, 15) is 22.8 Å². The second-order valence-electron chi connectivity index (χ2n) is 6.22. The SMILES string of the molecule is Cc1ccc(C(=O)Nc2nnc(SCC(=O)Nc3cc(C(F)(F)F)ccc3Cl)s2)cc1. The number of aryl methyl sites for hydroxylation is 1. The molecule has 3 rings (SSSR count). The maximum absolute atomic E-state index is 12.8. The Balaban J connectivity index is 1.55. The number of aromatic nitrogens is 2. The van der Waals surface area contributed by atoms with Crippen molar-refractivity contribution >= 4 is 57.3 Å². The van der Waals surface area contributed by atoms with Gasteiger partial charge in [0.25, 0.3) is 5.91 Å². The number of nitrogens with zero attached hydrogens (tertiary/aromatic N) is 2. The third-order valence-electron chi connectivity index (χ3n) is 3.84. The van der Waals surface area contributed by atoms with Crippen LogP contribution < -0.4 is 10.6 Å². The number of amides is 2. The lowest BCUT2D eigenvalue weighted by Crippen LogP contribution is -2.15. The van der Waals surface area contributed by atoms with Gasteiger partial charge in [0.2, 0.25) is 11.0 Å². The Morgan fingerprint density at radius 1 is 1.10 bits per heavy atom. The molecule has 0 fully saturated rings. The summed E-state index contributed by atoms with van der Waals surface area (Å²) >= 11 is 7.96. The number of benzene rings is 2. The van der Waals surface area contributed by atoms with Gasteiger partial charge in [-0.05, 0) is 37.3 Å². The molecule has 1 aromatic heterocycles. The number of rotatable bonds is 6. The zero-order chi connectivity index (χ0) is 22.6. The van der Waals surface area contributed by atoms with Crippen LogP contribution in [0.5, 0.6) is 0 Å². The average Bonchev–Trinajstić information content (AvgIpc) is 3.15. The van der Waals surface area contributed by atoms with Crippen molar-refractivity contribution < 1.29 is 22.8 Å². The second-order valence-corrected chi connectivity index (χ2v) is 8.83. The Hall–Kier alpha value is -2.63. The molecule has 0 bridgehead atoms. The molecule has 0 spiro atoms. The highest BCUT2D eigenvalue weighted by molar-refractivity contribution is 8.01. The zero-order valence-corrected chi connectivity index (χ0v) is 18.2. The second kappa shape index (κ2) is 9.67. The van der Waals surface area contributed by atoms with Crippen LogP contribution in [0.25, 0.3) is 0 Å². The molecule has 6 nitrogen and oxygen atoms in total. The van der Waals surface area contributed by atoms with Crippen LogP contribution in [0.3, 0.4) is 0 Å². The van der Waals surface area contributed by atoms with Gasteiger partial charge in [-0.1, -0.05) is 52.4 Å². The fourth-order valence-electron chi connectivity index (χ4n) is 2.30. The third kappa shape index (κ3) is 6.42. The fourth-order valence-corrected chi connectivity index (χ4v) is 4.02. The largest absolute Gasteiger partial charge is 0.416 e. The van der Waals surface area contributed by atoms with Crippen molar-refractivity contribution in [3.63, 3.8) is 0 Å². The van der Waals surface area contributed by atoms with Crippen LogP contribution in [-0.4, -0.2) is 27.8 Å². The number of hydrogen-bond acceptors (Lipinski definition) is 6. The molecule has 12 heteroatoms. The third-order valence-corrected chi connectivity index (χ3v) is 6.14. The minimum absolute atomic E-state index is 0.0108. The van der Waals surface area contributed by atoms with Gasteiger partial charge in [0.1, 0.15) is 0 Å². The number of carbonyl (C=O) groups excluding carboxylic acids is 2. The smallest absolute Gasteiger partial charge is 0.324 e. The molecule has 0 unspecified atom stereocenters. The molecule has 0 saturated heterocycles. The minimum Gasteiger partial charge on any atom is -0.324 e. The predicted molar refractivity (Wildman–Crippen MR) is 115 cm³/mol. The Labute approximate surface area is 188 Å². The van der Waals surface area contributed by atoms with Crippen LogP contribution in [0.15, 0.2) is 46.8 Å². The number of halogens is 4. The molecule has 162 valence electrons. The van der Waals surface area contributed by atoms with Crippen molar-refractivity contribution in [2.45, 2.75) is 17.4 Å². The molecule has 0 aliphatic rings. The van der Waals surface area contributed by atoms with E-state index >= 15 is 0 Å². The van der Waals surface area contributed by atoms with Gasteiger partial charge in [-0.2, -0.15) is 13.2 Å². The molecular weight excluding hydrogens is 473 g/mol. The van der Waals surface area contributed by atoms with Gasteiger partial charge in [-0.25, -0.2) is 0 Å². The first-order valence-corrected chi connectivity index (χ1v) is 10.8. The van der Waals surface area contributed by atoms with Gasteiger partial charge in [0.05, 0.1) is 22.0 Å². The van der Waals surface area contributed by atoms with E-state index < -0.39 is 17.6 Å². The summed E-state index contributed by atoms with van der Waals surface area (Å²) in [6.07, 6.45) is -4.55. The van der Waals surface area contributed by atoms with Crippen LogP contribution in [0.4, 0.5) is 24.0 Å². The van der Waals surface area contributed by atoms with E-state index in [0.717, 1.165) is 46.9 Å². The van der Waals surface area contributed by atoms with E-state index in [-0.39, 0.29) is 27.5 Å². The number of anilines is 2. The van der Waals surface area contributed by atoms with Crippen molar-refractivity contribution in [2.75, 3.05) is 16.4 Å². The summed E-state index contributed by atoms with van der Waals surface area (Å²) in [5.41, 5.74) is 0.437. The fraction of sp³-hybridized carbons (Fsp3) is 0.158. The lowest BCUT2D eigenvalue weighted by Gasteiger charge is -2.11. The number of nitrogens with one attached hydrogen (secondary N) is 2. The highest BCUT2D eigenvalue weighted by Crippen LogP contribution is 2.34. The van der Waals surface area contributed by atoms with Crippen molar-refractivity contribution in [3.05, 3.63) is 64.2 Å². The predicted octanol–water partition coefficient (Wildman–Crippen LogP) is 5.50. The normalized spacial score (nSPS) is 11.3. The van der Waals surface area contributed by atoms with Gasteiger partial charge in [0, 0.05) is 5.56 Å². The first-order chi connectivity index (χ1) is 14.6. The van der Waals surface area contributed by atoms with E-state index in [1.807, 2.05) is 19.1 Å². The van der Waals surface area contributed by atoms with Crippen molar-refractivity contribution in [2.24, 2.45) is 0 Å². The molecule has 2 aromatic carbocycles. The topological polar surface area (TPSA) is 84.0 Å².